The van der Waals surface area contributed by atoms with Crippen LogP contribution < -0.4 is 10.2 Å². The summed E-state index contributed by atoms with van der Waals surface area (Å²) in [4.78, 5) is 39.6. The number of nitrogens with one attached hydrogen (secondary N) is 1. The number of benzene rings is 2. The molecule has 1 saturated heterocycles. The molecule has 0 saturated carbocycles. The molecular formula is C25H26N4O5. The van der Waals surface area contributed by atoms with Crippen LogP contribution in [0.25, 0.3) is 11.3 Å². The number of nitro groups is 1. The highest BCUT2D eigenvalue weighted by Gasteiger charge is 2.21. The van der Waals surface area contributed by atoms with Crippen molar-refractivity contribution in [2.75, 3.05) is 36.4 Å². The van der Waals surface area contributed by atoms with Gasteiger partial charge in [0.1, 0.15) is 5.76 Å². The molecule has 1 fully saturated rings. The Kier molecular flexibility index (Phi) is 6.91. The number of furan rings is 1. The van der Waals surface area contributed by atoms with E-state index in [0.29, 0.717) is 30.8 Å². The summed E-state index contributed by atoms with van der Waals surface area (Å²) in [6, 6.07) is 16.8. The maximum absolute atomic E-state index is 12.6. The van der Waals surface area contributed by atoms with E-state index in [1.165, 1.54) is 12.1 Å². The normalized spacial score (nSPS) is 13.6. The summed E-state index contributed by atoms with van der Waals surface area (Å²) < 4.78 is 5.60. The Bertz CT molecular complexity index is 1180. The highest BCUT2D eigenvalue weighted by atomic mass is 16.6. The second-order valence-electron chi connectivity index (χ2n) is 8.06. The van der Waals surface area contributed by atoms with Gasteiger partial charge in [-0.1, -0.05) is 19.1 Å². The largest absolute Gasteiger partial charge is 0.451 e. The van der Waals surface area contributed by atoms with Crippen molar-refractivity contribution in [3.63, 3.8) is 0 Å². The van der Waals surface area contributed by atoms with Crippen molar-refractivity contribution >= 4 is 28.9 Å². The SMILES string of the molecule is CCCC(=O)N1CCN(c2ccc(NC(=O)c3ccc(-c4ccccc4[N+](=O)[O-])o3)cc2)CC1. The monoisotopic (exact) mass is 462 g/mol. The highest BCUT2D eigenvalue weighted by molar-refractivity contribution is 6.02. The molecule has 4 rings (SSSR count). The predicted molar refractivity (Wildman–Crippen MR) is 129 cm³/mol. The topological polar surface area (TPSA) is 109 Å². The molecule has 0 atom stereocenters. The number of hydrogen-bond acceptors (Lipinski definition) is 6. The van der Waals surface area contributed by atoms with Crippen LogP contribution in [0.2, 0.25) is 0 Å². The van der Waals surface area contributed by atoms with Crippen LogP contribution in [0, 0.1) is 10.1 Å². The molecule has 0 radical (unpaired) electrons. The smallest absolute Gasteiger partial charge is 0.291 e. The minimum absolute atomic E-state index is 0.0603. The van der Waals surface area contributed by atoms with Gasteiger partial charge in [-0.2, -0.15) is 0 Å². The molecule has 3 aromatic rings. The molecule has 176 valence electrons. The molecule has 0 spiro atoms. The Hall–Kier alpha value is -4.14. The van der Waals surface area contributed by atoms with Gasteiger partial charge in [0.25, 0.3) is 11.6 Å². The summed E-state index contributed by atoms with van der Waals surface area (Å²) in [6.07, 6.45) is 1.45. The molecule has 1 aliphatic rings. The molecule has 1 aliphatic heterocycles. The van der Waals surface area contributed by atoms with Crippen LogP contribution >= 0.6 is 0 Å². The van der Waals surface area contributed by atoms with Gasteiger partial charge >= 0.3 is 0 Å². The zero-order valence-electron chi connectivity index (χ0n) is 18.9. The highest BCUT2D eigenvalue weighted by Crippen LogP contribution is 2.31. The molecule has 1 aromatic heterocycles. The second-order valence-corrected chi connectivity index (χ2v) is 8.06. The Morgan fingerprint density at radius 3 is 2.38 bits per heavy atom. The molecule has 1 N–H and O–H groups in total. The fourth-order valence-electron chi connectivity index (χ4n) is 3.98. The van der Waals surface area contributed by atoms with E-state index in [9.17, 15) is 19.7 Å². The van der Waals surface area contributed by atoms with Gasteiger partial charge in [0.05, 0.1) is 10.5 Å². The average molecular weight is 463 g/mol. The van der Waals surface area contributed by atoms with Crippen molar-refractivity contribution in [2.45, 2.75) is 19.8 Å². The molecule has 9 nitrogen and oxygen atoms in total. The number of carbonyl (C=O) groups is 2. The third-order valence-electron chi connectivity index (χ3n) is 5.78. The van der Waals surface area contributed by atoms with Gasteiger partial charge in [-0.15, -0.1) is 0 Å². The maximum Gasteiger partial charge on any atom is 0.291 e. The van der Waals surface area contributed by atoms with Gasteiger partial charge in [0.2, 0.25) is 5.91 Å². The van der Waals surface area contributed by atoms with Gasteiger partial charge in [-0.3, -0.25) is 19.7 Å². The summed E-state index contributed by atoms with van der Waals surface area (Å²) >= 11 is 0. The summed E-state index contributed by atoms with van der Waals surface area (Å²) in [6.45, 7) is 4.95. The molecular weight excluding hydrogens is 436 g/mol. The van der Waals surface area contributed by atoms with Crippen LogP contribution in [0.1, 0.15) is 30.3 Å². The van der Waals surface area contributed by atoms with Gasteiger partial charge in [-0.25, -0.2) is 0 Å². The maximum atomic E-state index is 12.6. The lowest BCUT2D eigenvalue weighted by Crippen LogP contribution is -2.48. The van der Waals surface area contributed by atoms with Crippen molar-refractivity contribution in [1.29, 1.82) is 0 Å². The summed E-state index contributed by atoms with van der Waals surface area (Å²) in [5.74, 6) is 0.0817. The fraction of sp³-hybridized carbons (Fsp3) is 0.280. The van der Waals surface area contributed by atoms with E-state index >= 15 is 0 Å². The van der Waals surface area contributed by atoms with Crippen LogP contribution in [-0.4, -0.2) is 47.8 Å². The van der Waals surface area contributed by atoms with E-state index in [1.807, 2.05) is 36.1 Å². The Morgan fingerprint density at radius 1 is 1.00 bits per heavy atom. The quantitative estimate of drug-likeness (QED) is 0.407. The minimum Gasteiger partial charge on any atom is -0.451 e. The van der Waals surface area contributed by atoms with Crippen LogP contribution in [0.5, 0.6) is 0 Å². The lowest BCUT2D eigenvalue weighted by Gasteiger charge is -2.36. The van der Waals surface area contributed by atoms with Crippen LogP contribution in [-0.2, 0) is 4.79 Å². The number of piperazine rings is 1. The molecule has 9 heteroatoms. The van der Waals surface area contributed by atoms with E-state index in [2.05, 4.69) is 10.2 Å². The number of carbonyl (C=O) groups excluding carboxylic acids is 2. The first-order chi connectivity index (χ1) is 16.5. The lowest BCUT2D eigenvalue weighted by atomic mass is 10.1. The Labute approximate surface area is 197 Å². The van der Waals surface area contributed by atoms with Gasteiger partial charge < -0.3 is 19.5 Å². The first kappa shape index (κ1) is 23.0. The first-order valence-electron chi connectivity index (χ1n) is 11.2. The zero-order chi connectivity index (χ0) is 24.1. The molecule has 0 unspecified atom stereocenters. The van der Waals surface area contributed by atoms with Gasteiger partial charge in [-0.05, 0) is 48.9 Å². The van der Waals surface area contributed by atoms with Crippen molar-refractivity contribution in [3.8, 4) is 11.3 Å². The van der Waals surface area contributed by atoms with Crippen molar-refractivity contribution < 1.29 is 18.9 Å². The number of amides is 2. The van der Waals surface area contributed by atoms with E-state index in [1.54, 1.807) is 24.3 Å². The van der Waals surface area contributed by atoms with E-state index in [4.69, 9.17) is 4.42 Å². The van der Waals surface area contributed by atoms with Crippen LogP contribution in [0.4, 0.5) is 17.1 Å². The Morgan fingerprint density at radius 2 is 1.71 bits per heavy atom. The average Bonchev–Trinajstić information content (AvgIpc) is 3.35. The summed E-state index contributed by atoms with van der Waals surface area (Å²) in [5, 5.41) is 14.0. The predicted octanol–water partition coefficient (Wildman–Crippen LogP) is 4.56. The first-order valence-corrected chi connectivity index (χ1v) is 11.2. The molecule has 0 aliphatic carbocycles. The number of nitrogens with zero attached hydrogens (tertiary/aromatic N) is 3. The van der Waals surface area contributed by atoms with E-state index in [-0.39, 0.29) is 23.1 Å². The number of para-hydroxylation sites is 1. The number of anilines is 2. The molecule has 0 bridgehead atoms. The lowest BCUT2D eigenvalue weighted by molar-refractivity contribution is -0.384. The number of nitro benzene ring substituents is 1. The van der Waals surface area contributed by atoms with Crippen molar-refractivity contribution in [3.05, 3.63) is 76.5 Å². The van der Waals surface area contributed by atoms with E-state index in [0.717, 1.165) is 25.2 Å². The third-order valence-corrected chi connectivity index (χ3v) is 5.78. The zero-order valence-corrected chi connectivity index (χ0v) is 18.9. The third kappa shape index (κ3) is 5.09. The second kappa shape index (κ2) is 10.2. The van der Waals surface area contributed by atoms with Crippen LogP contribution in [0.15, 0.2) is 65.1 Å². The van der Waals surface area contributed by atoms with Gasteiger partial charge in [0.15, 0.2) is 5.76 Å². The van der Waals surface area contributed by atoms with Crippen LogP contribution in [0.3, 0.4) is 0 Å². The van der Waals surface area contributed by atoms with Crippen molar-refractivity contribution in [1.82, 2.24) is 4.90 Å². The minimum atomic E-state index is -0.484. The molecule has 2 amide bonds. The van der Waals surface area contributed by atoms with E-state index < -0.39 is 10.8 Å². The Balaban J connectivity index is 1.37. The molecule has 34 heavy (non-hydrogen) atoms. The number of hydrogen-bond donors (Lipinski definition) is 1. The fourth-order valence-corrected chi connectivity index (χ4v) is 3.98. The molecule has 2 aromatic carbocycles. The van der Waals surface area contributed by atoms with Crippen molar-refractivity contribution in [2.24, 2.45) is 0 Å². The number of rotatable bonds is 7. The molecule has 2 heterocycles. The van der Waals surface area contributed by atoms with Gasteiger partial charge in [0, 0.05) is 50.0 Å². The standard InChI is InChI=1S/C25H26N4O5/c1-2-5-24(30)28-16-14-27(15-17-28)19-10-8-18(9-11-19)26-25(31)23-13-12-22(34-23)20-6-3-4-7-21(20)29(32)33/h3-4,6-13H,2,5,14-17H2,1H3,(H,26,31). The summed E-state index contributed by atoms with van der Waals surface area (Å²) in [5.41, 5.74) is 1.86. The summed E-state index contributed by atoms with van der Waals surface area (Å²) in [7, 11) is 0.